The van der Waals surface area contributed by atoms with Gasteiger partial charge in [-0.1, -0.05) is 13.0 Å². The minimum Gasteiger partial charge on any atom is -0.330 e. The molecule has 0 bridgehead atoms. The van der Waals surface area contributed by atoms with Crippen LogP contribution in [0.2, 0.25) is 0 Å². The van der Waals surface area contributed by atoms with Crippen molar-refractivity contribution in [1.29, 1.82) is 0 Å². The average molecular weight is 265 g/mol. The molecule has 1 atom stereocenters. The molecular weight excluding hydrogens is 246 g/mol. The van der Waals surface area contributed by atoms with Crippen LogP contribution in [0.1, 0.15) is 25.3 Å². The van der Waals surface area contributed by atoms with Crippen LogP contribution in [0, 0.1) is 23.0 Å². The Hall–Kier alpha value is -1.95. The first kappa shape index (κ1) is 15.1. The second-order valence-corrected chi connectivity index (χ2v) is 4.71. The molecule has 1 unspecified atom stereocenters. The highest BCUT2D eigenvalue weighted by Crippen LogP contribution is 2.25. The van der Waals surface area contributed by atoms with Crippen LogP contribution >= 0.6 is 0 Å². The molecule has 19 heavy (non-hydrogen) atoms. The molecule has 0 aromatic heterocycles. The molecule has 0 saturated carbocycles. The molecule has 1 aromatic carbocycles. The van der Waals surface area contributed by atoms with Crippen molar-refractivity contribution >= 4 is 17.3 Å². The molecule has 6 nitrogen and oxygen atoms in total. The van der Waals surface area contributed by atoms with Gasteiger partial charge in [-0.3, -0.25) is 14.9 Å². The van der Waals surface area contributed by atoms with Crippen molar-refractivity contribution in [3.8, 4) is 0 Å². The molecule has 1 amide bonds. The van der Waals surface area contributed by atoms with Crippen LogP contribution < -0.4 is 11.1 Å². The van der Waals surface area contributed by atoms with Crippen LogP contribution in [0.4, 0.5) is 11.4 Å². The van der Waals surface area contributed by atoms with Crippen molar-refractivity contribution < 1.29 is 9.72 Å². The number of aryl methyl sites for hydroxylation is 1. The molecule has 104 valence electrons. The number of benzene rings is 1. The van der Waals surface area contributed by atoms with Gasteiger partial charge in [-0.05, 0) is 37.4 Å². The zero-order chi connectivity index (χ0) is 14.4. The van der Waals surface area contributed by atoms with Crippen LogP contribution in [-0.4, -0.2) is 17.4 Å². The van der Waals surface area contributed by atoms with E-state index in [-0.39, 0.29) is 23.2 Å². The predicted octanol–water partition coefficient (Wildman–Crippen LogP) is 2.22. The Kier molecular flexibility index (Phi) is 5.44. The van der Waals surface area contributed by atoms with Gasteiger partial charge >= 0.3 is 0 Å². The molecule has 0 aliphatic carbocycles. The molecule has 0 spiro atoms. The van der Waals surface area contributed by atoms with Gasteiger partial charge in [-0.2, -0.15) is 0 Å². The lowest BCUT2D eigenvalue weighted by atomic mass is 10.1. The normalized spacial score (nSPS) is 11.9. The summed E-state index contributed by atoms with van der Waals surface area (Å²) >= 11 is 0. The maximum atomic E-state index is 11.7. The molecule has 6 heteroatoms. The van der Waals surface area contributed by atoms with Gasteiger partial charge in [0, 0.05) is 12.5 Å². The third-order valence-corrected chi connectivity index (χ3v) is 2.89. The first-order valence-corrected chi connectivity index (χ1v) is 6.19. The Morgan fingerprint density at radius 2 is 2.21 bits per heavy atom. The van der Waals surface area contributed by atoms with Crippen molar-refractivity contribution in [1.82, 2.24) is 0 Å². The number of nitrogens with two attached hydrogens (primary N) is 1. The van der Waals surface area contributed by atoms with E-state index in [2.05, 4.69) is 5.32 Å². The minimum absolute atomic E-state index is 0.0831. The highest BCUT2D eigenvalue weighted by molar-refractivity contribution is 5.93. The largest absolute Gasteiger partial charge is 0.330 e. The van der Waals surface area contributed by atoms with E-state index in [1.807, 2.05) is 6.92 Å². The highest BCUT2D eigenvalue weighted by Gasteiger charge is 2.16. The van der Waals surface area contributed by atoms with Gasteiger partial charge in [0.05, 0.1) is 4.92 Å². The maximum Gasteiger partial charge on any atom is 0.293 e. The average Bonchev–Trinajstić information content (AvgIpc) is 2.37. The van der Waals surface area contributed by atoms with Gasteiger partial charge in [0.25, 0.3) is 5.69 Å². The third kappa shape index (κ3) is 4.67. The number of hydrogen-bond donors (Lipinski definition) is 2. The summed E-state index contributed by atoms with van der Waals surface area (Å²) in [6, 6.07) is 4.72. The first-order chi connectivity index (χ1) is 8.93. The number of carbonyl (C=O) groups excluding carboxylic acids is 1. The number of nitrogens with zero attached hydrogens (tertiary/aromatic N) is 1. The number of carbonyl (C=O) groups is 1. The number of nitro groups is 1. The fraction of sp³-hybridized carbons (Fsp3) is 0.462. The van der Waals surface area contributed by atoms with Gasteiger partial charge in [-0.15, -0.1) is 0 Å². The lowest BCUT2D eigenvalue weighted by Gasteiger charge is -2.09. The monoisotopic (exact) mass is 265 g/mol. The molecule has 0 heterocycles. The number of rotatable bonds is 6. The van der Waals surface area contributed by atoms with E-state index in [1.54, 1.807) is 19.1 Å². The summed E-state index contributed by atoms with van der Waals surface area (Å²) in [5, 5.41) is 13.5. The topological polar surface area (TPSA) is 98.3 Å². The zero-order valence-corrected chi connectivity index (χ0v) is 11.2. The second-order valence-electron chi connectivity index (χ2n) is 4.71. The lowest BCUT2D eigenvalue weighted by Crippen LogP contribution is -2.17. The first-order valence-electron chi connectivity index (χ1n) is 6.19. The lowest BCUT2D eigenvalue weighted by molar-refractivity contribution is -0.384. The Bertz CT molecular complexity index is 474. The van der Waals surface area contributed by atoms with Gasteiger partial charge in [0.2, 0.25) is 5.91 Å². The number of hydrogen-bond acceptors (Lipinski definition) is 4. The number of anilines is 1. The van der Waals surface area contributed by atoms with E-state index in [4.69, 9.17) is 5.73 Å². The summed E-state index contributed by atoms with van der Waals surface area (Å²) in [4.78, 5) is 22.1. The van der Waals surface area contributed by atoms with Crippen LogP contribution in [0.5, 0.6) is 0 Å². The van der Waals surface area contributed by atoms with Crippen molar-refractivity contribution in [2.75, 3.05) is 11.9 Å². The molecule has 0 saturated heterocycles. The molecule has 0 radical (unpaired) electrons. The molecule has 0 fully saturated rings. The van der Waals surface area contributed by atoms with E-state index < -0.39 is 4.92 Å². The summed E-state index contributed by atoms with van der Waals surface area (Å²) in [7, 11) is 0. The predicted molar refractivity (Wildman–Crippen MR) is 73.9 cm³/mol. The molecular formula is C13H19N3O3. The molecule has 3 N–H and O–H groups in total. The quantitative estimate of drug-likeness (QED) is 0.608. The van der Waals surface area contributed by atoms with Crippen LogP contribution in [0.15, 0.2) is 18.2 Å². The van der Waals surface area contributed by atoms with Gasteiger partial charge in [0.1, 0.15) is 5.69 Å². The van der Waals surface area contributed by atoms with E-state index in [0.717, 1.165) is 5.56 Å². The second kappa shape index (κ2) is 6.84. The Labute approximate surface area is 112 Å². The standard InChI is InChI=1S/C13H19N3O3/c1-9-3-5-11(12(7-9)16(18)19)15-13(17)6-4-10(2)8-14/h3,5,7,10H,4,6,8,14H2,1-2H3,(H,15,17). The molecule has 1 aromatic rings. The van der Waals surface area contributed by atoms with E-state index in [0.29, 0.717) is 19.4 Å². The smallest absolute Gasteiger partial charge is 0.293 e. The number of amides is 1. The van der Waals surface area contributed by atoms with Crippen molar-refractivity contribution in [2.45, 2.75) is 26.7 Å². The summed E-state index contributed by atoms with van der Waals surface area (Å²) in [6.07, 6.45) is 0.978. The number of nitro benzene ring substituents is 1. The molecule has 1 rings (SSSR count). The summed E-state index contributed by atoms with van der Waals surface area (Å²) in [5.74, 6) is 0.0333. The van der Waals surface area contributed by atoms with Crippen molar-refractivity contribution in [3.63, 3.8) is 0 Å². The summed E-state index contributed by atoms with van der Waals surface area (Å²) in [5.41, 5.74) is 6.40. The summed E-state index contributed by atoms with van der Waals surface area (Å²) < 4.78 is 0. The minimum atomic E-state index is -0.495. The Balaban J connectivity index is 2.71. The Morgan fingerprint density at radius 1 is 1.53 bits per heavy atom. The fourth-order valence-electron chi connectivity index (χ4n) is 1.61. The fourth-order valence-corrected chi connectivity index (χ4v) is 1.61. The Morgan fingerprint density at radius 3 is 2.79 bits per heavy atom. The van der Waals surface area contributed by atoms with Gasteiger partial charge < -0.3 is 11.1 Å². The van der Waals surface area contributed by atoms with Gasteiger partial charge in [-0.25, -0.2) is 0 Å². The van der Waals surface area contributed by atoms with Crippen LogP contribution in [0.25, 0.3) is 0 Å². The SMILES string of the molecule is Cc1ccc(NC(=O)CCC(C)CN)c([N+](=O)[O-])c1. The third-order valence-electron chi connectivity index (χ3n) is 2.89. The van der Waals surface area contributed by atoms with E-state index in [1.165, 1.54) is 6.07 Å². The summed E-state index contributed by atoms with van der Waals surface area (Å²) in [6.45, 7) is 4.25. The maximum absolute atomic E-state index is 11.7. The molecule has 0 aliphatic heterocycles. The highest BCUT2D eigenvalue weighted by atomic mass is 16.6. The van der Waals surface area contributed by atoms with Gasteiger partial charge in [0.15, 0.2) is 0 Å². The number of nitrogens with one attached hydrogen (secondary N) is 1. The zero-order valence-electron chi connectivity index (χ0n) is 11.2. The van der Waals surface area contributed by atoms with Crippen LogP contribution in [-0.2, 0) is 4.79 Å². The van der Waals surface area contributed by atoms with Crippen LogP contribution in [0.3, 0.4) is 0 Å². The van der Waals surface area contributed by atoms with Crippen molar-refractivity contribution in [2.24, 2.45) is 11.7 Å². The molecule has 0 aliphatic rings. The van der Waals surface area contributed by atoms with E-state index in [9.17, 15) is 14.9 Å². The van der Waals surface area contributed by atoms with E-state index >= 15 is 0 Å². The van der Waals surface area contributed by atoms with Crippen molar-refractivity contribution in [3.05, 3.63) is 33.9 Å².